The van der Waals surface area contributed by atoms with Crippen molar-refractivity contribution in [2.24, 2.45) is 5.73 Å². The van der Waals surface area contributed by atoms with Gasteiger partial charge in [-0.15, -0.1) is 0 Å². The molecule has 4 N–H and O–H groups in total. The molecule has 1 rings (SSSR count). The molecule has 0 aromatic carbocycles. The maximum Gasteiger partial charge on any atom is 0.329 e. The highest BCUT2D eigenvalue weighted by Crippen LogP contribution is 2.15. The zero-order valence-electron chi connectivity index (χ0n) is 33.0. The smallest absolute Gasteiger partial charge is 0.329 e. The molecule has 0 aliphatic rings. The number of imidazole rings is 1. The number of unbranched alkanes of at least 4 members (excludes halogenated alkanes) is 26. The van der Waals surface area contributed by atoms with Crippen molar-refractivity contribution in [1.29, 1.82) is 0 Å². The Morgan fingerprint density at radius 3 is 1.41 bits per heavy atom. The topological polar surface area (TPSA) is 136 Å². The SMILES string of the molecule is CCCCCCCCCCCCCCCCOC(=O)C[C@@H](NC(=O)[C@@H](N)Cc1ncc[nH]1)C(=O)OCCCCCCCCCCCCCCCC. The molecule has 9 nitrogen and oxygen atoms in total. The van der Waals surface area contributed by atoms with Crippen molar-refractivity contribution < 1.29 is 23.9 Å². The van der Waals surface area contributed by atoms with E-state index in [2.05, 4.69) is 29.1 Å². The lowest BCUT2D eigenvalue weighted by Crippen LogP contribution is -2.50. The summed E-state index contributed by atoms with van der Waals surface area (Å²) in [6.45, 7) is 5.09. The fourth-order valence-electron chi connectivity index (χ4n) is 6.46. The zero-order valence-corrected chi connectivity index (χ0v) is 33.0. The van der Waals surface area contributed by atoms with Crippen LogP contribution in [0.1, 0.15) is 206 Å². The van der Waals surface area contributed by atoms with Crippen LogP contribution >= 0.6 is 0 Å². The highest BCUT2D eigenvalue weighted by Gasteiger charge is 2.28. The molecule has 296 valence electrons. The van der Waals surface area contributed by atoms with Crippen LogP contribution in [0.5, 0.6) is 0 Å². The van der Waals surface area contributed by atoms with E-state index in [9.17, 15) is 14.4 Å². The monoisotopic (exact) mass is 719 g/mol. The zero-order chi connectivity index (χ0) is 37.0. The number of rotatable bonds is 37. The molecule has 2 atom stereocenters. The number of nitrogens with zero attached hydrogens (tertiary/aromatic N) is 1. The molecule has 0 spiro atoms. The maximum absolute atomic E-state index is 13.0. The van der Waals surface area contributed by atoms with Crippen molar-refractivity contribution in [3.05, 3.63) is 18.2 Å². The lowest BCUT2D eigenvalue weighted by Gasteiger charge is -2.19. The molecule has 1 heterocycles. The van der Waals surface area contributed by atoms with Crippen LogP contribution in [0, 0.1) is 0 Å². The van der Waals surface area contributed by atoms with E-state index in [-0.39, 0.29) is 19.4 Å². The van der Waals surface area contributed by atoms with Gasteiger partial charge in [-0.25, -0.2) is 9.78 Å². The third-order valence-corrected chi connectivity index (χ3v) is 9.78. The van der Waals surface area contributed by atoms with E-state index < -0.39 is 29.9 Å². The summed E-state index contributed by atoms with van der Waals surface area (Å²) in [6.07, 6.45) is 38.2. The molecule has 0 saturated heterocycles. The van der Waals surface area contributed by atoms with Crippen LogP contribution in [0.2, 0.25) is 0 Å². The van der Waals surface area contributed by atoms with Gasteiger partial charge in [0.05, 0.1) is 25.7 Å². The standard InChI is InChI=1S/C42H78N4O5/c1-3-5-7-9-11-13-15-17-19-21-23-25-27-29-33-50-40(47)36-38(46-41(48)37(43)35-39-44-31-32-45-39)42(49)51-34-30-28-26-24-22-20-18-16-14-12-10-8-6-4-2/h31-32,37-38H,3-30,33-36,43H2,1-2H3,(H,44,45)(H,46,48)/t37-,38+/m0/s1. The van der Waals surface area contributed by atoms with Gasteiger partial charge in [-0.05, 0) is 12.8 Å². The van der Waals surface area contributed by atoms with Crippen LogP contribution < -0.4 is 11.1 Å². The molecule has 0 radical (unpaired) electrons. The molecular weight excluding hydrogens is 640 g/mol. The van der Waals surface area contributed by atoms with E-state index in [4.69, 9.17) is 15.2 Å². The summed E-state index contributed by atoms with van der Waals surface area (Å²) in [5.74, 6) is -1.12. The van der Waals surface area contributed by atoms with E-state index in [0.717, 1.165) is 38.5 Å². The number of nitrogens with one attached hydrogen (secondary N) is 2. The Labute approximate surface area is 312 Å². The van der Waals surface area contributed by atoms with Gasteiger partial charge in [-0.3, -0.25) is 9.59 Å². The van der Waals surface area contributed by atoms with Gasteiger partial charge in [0, 0.05) is 18.8 Å². The van der Waals surface area contributed by atoms with Crippen molar-refractivity contribution in [1.82, 2.24) is 15.3 Å². The normalized spacial score (nSPS) is 12.5. The van der Waals surface area contributed by atoms with E-state index in [1.165, 1.54) is 141 Å². The fourth-order valence-corrected chi connectivity index (χ4v) is 6.46. The van der Waals surface area contributed by atoms with Gasteiger partial charge < -0.3 is 25.5 Å². The molecule has 0 unspecified atom stereocenters. The third kappa shape index (κ3) is 28.8. The van der Waals surface area contributed by atoms with Gasteiger partial charge >= 0.3 is 11.9 Å². The van der Waals surface area contributed by atoms with Crippen LogP contribution in [0.25, 0.3) is 0 Å². The number of carbonyl (C=O) groups excluding carboxylic acids is 3. The minimum Gasteiger partial charge on any atom is -0.466 e. The molecule has 1 aromatic rings. The Hall–Kier alpha value is -2.42. The number of esters is 2. The first-order chi connectivity index (χ1) is 25.0. The second kappa shape index (κ2) is 34.7. The second-order valence-electron chi connectivity index (χ2n) is 14.7. The molecule has 51 heavy (non-hydrogen) atoms. The minimum absolute atomic E-state index is 0.184. The quantitative estimate of drug-likeness (QED) is 0.0460. The Morgan fingerprint density at radius 1 is 0.627 bits per heavy atom. The van der Waals surface area contributed by atoms with Crippen molar-refractivity contribution in [3.63, 3.8) is 0 Å². The second-order valence-corrected chi connectivity index (χ2v) is 14.7. The Balaban J connectivity index is 2.26. The van der Waals surface area contributed by atoms with Gasteiger partial charge in [0.2, 0.25) is 5.91 Å². The number of nitrogens with two attached hydrogens (primary N) is 1. The molecule has 0 saturated carbocycles. The predicted octanol–water partition coefficient (Wildman–Crippen LogP) is 10.2. The van der Waals surface area contributed by atoms with Crippen molar-refractivity contribution in [2.45, 2.75) is 219 Å². The fraction of sp³-hybridized carbons (Fsp3) is 0.857. The number of carbonyl (C=O) groups is 3. The van der Waals surface area contributed by atoms with E-state index >= 15 is 0 Å². The van der Waals surface area contributed by atoms with Crippen molar-refractivity contribution in [2.75, 3.05) is 13.2 Å². The lowest BCUT2D eigenvalue weighted by molar-refractivity contribution is -0.154. The van der Waals surface area contributed by atoms with E-state index in [0.29, 0.717) is 12.4 Å². The summed E-state index contributed by atoms with van der Waals surface area (Å²) >= 11 is 0. The van der Waals surface area contributed by atoms with Crippen LogP contribution in [0.3, 0.4) is 0 Å². The summed E-state index contributed by atoms with van der Waals surface area (Å²) in [7, 11) is 0. The number of hydrogen-bond donors (Lipinski definition) is 3. The third-order valence-electron chi connectivity index (χ3n) is 9.78. The molecule has 9 heteroatoms. The molecule has 1 aromatic heterocycles. The summed E-state index contributed by atoms with van der Waals surface area (Å²) in [4.78, 5) is 45.6. The number of hydrogen-bond acceptors (Lipinski definition) is 7. The van der Waals surface area contributed by atoms with E-state index in [1.807, 2.05) is 0 Å². The number of ether oxygens (including phenoxy) is 2. The van der Waals surface area contributed by atoms with Crippen LogP contribution in [-0.2, 0) is 30.3 Å². The van der Waals surface area contributed by atoms with Crippen LogP contribution in [0.15, 0.2) is 12.4 Å². The average Bonchev–Trinajstić information content (AvgIpc) is 3.64. The Kier molecular flexibility index (Phi) is 31.7. The first-order valence-corrected chi connectivity index (χ1v) is 21.3. The largest absolute Gasteiger partial charge is 0.466 e. The summed E-state index contributed by atoms with van der Waals surface area (Å²) in [5.41, 5.74) is 6.08. The Morgan fingerprint density at radius 2 is 1.02 bits per heavy atom. The summed E-state index contributed by atoms with van der Waals surface area (Å²) in [5, 5.41) is 2.64. The Bertz CT molecular complexity index is 942. The van der Waals surface area contributed by atoms with Crippen LogP contribution in [0.4, 0.5) is 0 Å². The van der Waals surface area contributed by atoms with Crippen molar-refractivity contribution in [3.8, 4) is 0 Å². The van der Waals surface area contributed by atoms with Crippen molar-refractivity contribution >= 4 is 17.8 Å². The summed E-state index contributed by atoms with van der Waals surface area (Å²) < 4.78 is 11.0. The highest BCUT2D eigenvalue weighted by atomic mass is 16.5. The molecule has 0 bridgehead atoms. The van der Waals surface area contributed by atoms with Gasteiger partial charge in [-0.1, -0.05) is 181 Å². The lowest BCUT2D eigenvalue weighted by atomic mass is 10.0. The molecule has 0 aliphatic heterocycles. The first-order valence-electron chi connectivity index (χ1n) is 21.3. The molecule has 0 aliphatic carbocycles. The van der Waals surface area contributed by atoms with Gasteiger partial charge in [0.15, 0.2) is 0 Å². The maximum atomic E-state index is 13.0. The number of amides is 1. The molecular formula is C42H78N4O5. The summed E-state index contributed by atoms with van der Waals surface area (Å²) in [6, 6.07) is -2.07. The van der Waals surface area contributed by atoms with Gasteiger partial charge in [0.1, 0.15) is 11.9 Å². The molecule has 0 fully saturated rings. The highest BCUT2D eigenvalue weighted by molar-refractivity contribution is 5.90. The number of aromatic nitrogens is 2. The van der Waals surface area contributed by atoms with Gasteiger partial charge in [0.25, 0.3) is 0 Å². The van der Waals surface area contributed by atoms with Crippen LogP contribution in [-0.4, -0.2) is 53.1 Å². The number of H-pyrrole nitrogens is 1. The molecule has 1 amide bonds. The average molecular weight is 719 g/mol. The first kappa shape index (κ1) is 46.6. The van der Waals surface area contributed by atoms with E-state index in [1.54, 1.807) is 12.4 Å². The van der Waals surface area contributed by atoms with Gasteiger partial charge in [-0.2, -0.15) is 0 Å². The minimum atomic E-state index is -1.14. The predicted molar refractivity (Wildman–Crippen MR) is 209 cm³/mol. The number of aromatic amines is 1.